The lowest BCUT2D eigenvalue weighted by Crippen LogP contribution is -2.47. The predicted octanol–water partition coefficient (Wildman–Crippen LogP) is 4.03. The smallest absolute Gasteiger partial charge is 0.192 e. The van der Waals surface area contributed by atoms with Crippen LogP contribution in [-0.2, 0) is 9.22 Å². The summed E-state index contributed by atoms with van der Waals surface area (Å²) in [6.07, 6.45) is 2.81. The van der Waals surface area contributed by atoms with Gasteiger partial charge in [0.05, 0.1) is 6.10 Å². The van der Waals surface area contributed by atoms with Gasteiger partial charge >= 0.3 is 0 Å². The van der Waals surface area contributed by atoms with Gasteiger partial charge < -0.3 is 9.22 Å². The van der Waals surface area contributed by atoms with E-state index in [9.17, 15) is 4.79 Å². The van der Waals surface area contributed by atoms with Crippen LogP contribution in [0.1, 0.15) is 34.6 Å². The average Bonchev–Trinajstić information content (AvgIpc) is 2.22. The van der Waals surface area contributed by atoms with Crippen LogP contribution in [0.2, 0.25) is 18.1 Å². The fourth-order valence-electron chi connectivity index (χ4n) is 1.42. The Morgan fingerprint density at radius 3 is 1.94 bits per heavy atom. The third-order valence-corrected chi connectivity index (χ3v) is 8.33. The van der Waals surface area contributed by atoms with Crippen LogP contribution in [0.25, 0.3) is 0 Å². The van der Waals surface area contributed by atoms with Crippen LogP contribution < -0.4 is 0 Å². The van der Waals surface area contributed by atoms with Crippen LogP contribution in [-0.4, -0.2) is 20.7 Å². The Labute approximate surface area is 108 Å². The molecule has 3 heteroatoms. The van der Waals surface area contributed by atoms with Gasteiger partial charge in [-0.2, -0.15) is 0 Å². The van der Waals surface area contributed by atoms with E-state index in [0.717, 1.165) is 6.29 Å². The molecule has 0 aliphatic heterocycles. The molecule has 0 amide bonds. The van der Waals surface area contributed by atoms with Gasteiger partial charge in [0.15, 0.2) is 8.32 Å². The van der Waals surface area contributed by atoms with Gasteiger partial charge in [0.25, 0.3) is 0 Å². The zero-order valence-electron chi connectivity index (χ0n) is 12.4. The number of rotatable bonds is 6. The van der Waals surface area contributed by atoms with Gasteiger partial charge in [-0.05, 0) is 24.1 Å². The van der Waals surface area contributed by atoms with Crippen LogP contribution in [0.15, 0.2) is 12.7 Å². The quantitative estimate of drug-likeness (QED) is 0.407. The maximum atomic E-state index is 11.0. The summed E-state index contributed by atoms with van der Waals surface area (Å²) in [4.78, 5) is 11.0. The van der Waals surface area contributed by atoms with E-state index in [1.54, 1.807) is 0 Å². The highest BCUT2D eigenvalue weighted by Gasteiger charge is 2.40. The molecular weight excluding hydrogens is 228 g/mol. The Bertz CT molecular complexity index is 252. The van der Waals surface area contributed by atoms with Gasteiger partial charge in [-0.15, -0.1) is 6.58 Å². The van der Waals surface area contributed by atoms with Crippen molar-refractivity contribution in [3.8, 4) is 0 Å². The highest BCUT2D eigenvalue weighted by Crippen LogP contribution is 2.39. The number of carbonyl (C=O) groups is 1. The summed E-state index contributed by atoms with van der Waals surface area (Å²) >= 11 is 0. The molecule has 0 saturated heterocycles. The second-order valence-electron chi connectivity index (χ2n) is 6.43. The summed E-state index contributed by atoms with van der Waals surface area (Å²) in [6.45, 7) is 18.8. The molecule has 0 aliphatic rings. The van der Waals surface area contributed by atoms with E-state index in [4.69, 9.17) is 4.43 Å². The first-order chi connectivity index (χ1) is 7.56. The average molecular weight is 256 g/mol. The van der Waals surface area contributed by atoms with Crippen molar-refractivity contribution in [2.45, 2.75) is 58.9 Å². The normalized spacial score (nSPS) is 18.3. The van der Waals surface area contributed by atoms with E-state index in [1.165, 1.54) is 0 Å². The second-order valence-corrected chi connectivity index (χ2v) is 11.2. The lowest BCUT2D eigenvalue weighted by molar-refractivity contribution is -0.113. The number of hydrogen-bond acceptors (Lipinski definition) is 2. The van der Waals surface area contributed by atoms with Crippen molar-refractivity contribution in [2.24, 2.45) is 11.8 Å². The van der Waals surface area contributed by atoms with E-state index < -0.39 is 8.32 Å². The van der Waals surface area contributed by atoms with Crippen molar-refractivity contribution >= 4 is 14.6 Å². The maximum absolute atomic E-state index is 11.0. The minimum Gasteiger partial charge on any atom is -0.413 e. The van der Waals surface area contributed by atoms with Crippen LogP contribution >= 0.6 is 0 Å². The van der Waals surface area contributed by atoms with Crippen molar-refractivity contribution in [3.05, 3.63) is 12.7 Å². The van der Waals surface area contributed by atoms with Crippen LogP contribution in [0.3, 0.4) is 0 Å². The van der Waals surface area contributed by atoms with Gasteiger partial charge in [0, 0.05) is 5.92 Å². The van der Waals surface area contributed by atoms with Gasteiger partial charge in [0.2, 0.25) is 0 Å². The number of carbonyl (C=O) groups excluding carboxylic acids is 1. The predicted molar refractivity (Wildman–Crippen MR) is 76.7 cm³/mol. The molecule has 0 heterocycles. The molecular formula is C14H28O2Si. The molecule has 0 saturated carbocycles. The van der Waals surface area contributed by atoms with E-state index >= 15 is 0 Å². The van der Waals surface area contributed by atoms with E-state index in [1.807, 2.05) is 13.0 Å². The molecule has 0 rings (SSSR count). The fraction of sp³-hybridized carbons (Fsp3) is 0.786. The lowest BCUT2D eigenvalue weighted by Gasteiger charge is -2.41. The first-order valence-corrected chi connectivity index (χ1v) is 9.23. The summed E-state index contributed by atoms with van der Waals surface area (Å²) in [7, 11) is -1.83. The van der Waals surface area contributed by atoms with E-state index in [2.05, 4.69) is 47.4 Å². The Hall–Kier alpha value is -0.413. The number of hydrogen-bond donors (Lipinski definition) is 0. The monoisotopic (exact) mass is 256 g/mol. The van der Waals surface area contributed by atoms with Crippen molar-refractivity contribution < 1.29 is 9.22 Å². The summed E-state index contributed by atoms with van der Waals surface area (Å²) in [5.74, 6) is 0.112. The Balaban J connectivity index is 4.99. The topological polar surface area (TPSA) is 26.3 Å². The molecule has 0 aromatic heterocycles. The Kier molecular flexibility index (Phi) is 5.82. The van der Waals surface area contributed by atoms with Crippen molar-refractivity contribution in [3.63, 3.8) is 0 Å². The van der Waals surface area contributed by atoms with Crippen LogP contribution in [0.4, 0.5) is 0 Å². The van der Waals surface area contributed by atoms with Gasteiger partial charge in [0.1, 0.15) is 6.29 Å². The fourth-order valence-corrected chi connectivity index (χ4v) is 2.89. The molecule has 0 aromatic carbocycles. The molecule has 0 aliphatic carbocycles. The zero-order chi connectivity index (χ0) is 13.9. The third kappa shape index (κ3) is 4.40. The molecule has 0 unspecified atom stereocenters. The molecule has 2 nitrogen and oxygen atoms in total. The molecule has 0 bridgehead atoms. The minimum atomic E-state index is -1.83. The molecule has 0 aromatic rings. The maximum Gasteiger partial charge on any atom is 0.192 e. The Morgan fingerprint density at radius 1 is 1.18 bits per heavy atom. The summed E-state index contributed by atoms with van der Waals surface area (Å²) < 4.78 is 6.34. The first-order valence-electron chi connectivity index (χ1n) is 6.32. The van der Waals surface area contributed by atoms with Crippen molar-refractivity contribution in [1.82, 2.24) is 0 Å². The summed E-state index contributed by atoms with van der Waals surface area (Å²) in [5, 5.41) is 0.161. The highest BCUT2D eigenvalue weighted by molar-refractivity contribution is 6.74. The van der Waals surface area contributed by atoms with Crippen LogP contribution in [0.5, 0.6) is 0 Å². The molecule has 100 valence electrons. The van der Waals surface area contributed by atoms with Crippen molar-refractivity contribution in [1.29, 1.82) is 0 Å². The largest absolute Gasteiger partial charge is 0.413 e. The molecule has 17 heavy (non-hydrogen) atoms. The minimum absolute atomic E-state index is 0.0501. The first kappa shape index (κ1) is 16.6. The lowest BCUT2D eigenvalue weighted by atomic mass is 9.95. The standard InChI is InChI=1S/C14H28O2Si/c1-9-11(2)13(12(3)10-15)16-17(7,8)14(4,5)6/h9-13H,1H2,2-8H3/t11-,12-,13+/m0/s1. The molecule has 0 spiro atoms. The highest BCUT2D eigenvalue weighted by atomic mass is 28.4. The molecule has 0 radical (unpaired) electrons. The van der Waals surface area contributed by atoms with Crippen molar-refractivity contribution in [2.75, 3.05) is 0 Å². The summed E-state index contributed by atoms with van der Waals surface area (Å²) in [5.41, 5.74) is 0. The molecule has 0 fully saturated rings. The van der Waals surface area contributed by atoms with Gasteiger partial charge in [-0.1, -0.05) is 40.7 Å². The van der Waals surface area contributed by atoms with Gasteiger partial charge in [-0.25, -0.2) is 0 Å². The molecule has 3 atom stereocenters. The SMILES string of the molecule is C=C[C@H](C)[C@@H](O[Si](C)(C)C(C)(C)C)[C@@H](C)C=O. The summed E-state index contributed by atoms with van der Waals surface area (Å²) in [6, 6.07) is 0. The molecule has 0 N–H and O–H groups in total. The Morgan fingerprint density at radius 2 is 1.65 bits per heavy atom. The van der Waals surface area contributed by atoms with Crippen LogP contribution in [0, 0.1) is 11.8 Å². The zero-order valence-corrected chi connectivity index (χ0v) is 13.4. The third-order valence-electron chi connectivity index (χ3n) is 3.86. The van der Waals surface area contributed by atoms with E-state index in [-0.39, 0.29) is 23.0 Å². The van der Waals surface area contributed by atoms with E-state index in [0.29, 0.717) is 0 Å². The second kappa shape index (κ2) is 5.96. The van der Waals surface area contributed by atoms with Gasteiger partial charge in [-0.3, -0.25) is 0 Å². The number of aldehydes is 1.